The molecule has 0 saturated heterocycles. The van der Waals surface area contributed by atoms with Gasteiger partial charge in [0.05, 0.1) is 10.2 Å². The minimum atomic E-state index is -0.300. The average molecular weight is 346 g/mol. The number of aryl methyl sites for hydroxylation is 1. The maximum absolute atomic E-state index is 12.7. The first-order valence-electron chi connectivity index (χ1n) is 7.76. The van der Waals surface area contributed by atoms with Crippen molar-refractivity contribution < 1.29 is 4.79 Å². The van der Waals surface area contributed by atoms with E-state index in [2.05, 4.69) is 20.3 Å². The van der Waals surface area contributed by atoms with E-state index in [1.807, 2.05) is 55.5 Å². The molecule has 0 atom stereocenters. The summed E-state index contributed by atoms with van der Waals surface area (Å²) < 4.78 is 1.05. The van der Waals surface area contributed by atoms with E-state index in [0.29, 0.717) is 10.7 Å². The third kappa shape index (κ3) is 3.12. The molecular formula is C19H14N4OS. The van der Waals surface area contributed by atoms with Crippen LogP contribution in [0.2, 0.25) is 0 Å². The van der Waals surface area contributed by atoms with Gasteiger partial charge in [-0.3, -0.25) is 4.79 Å². The summed E-state index contributed by atoms with van der Waals surface area (Å²) in [6.07, 6.45) is 3.09. The molecule has 0 aliphatic carbocycles. The van der Waals surface area contributed by atoms with Crippen molar-refractivity contribution in [3.63, 3.8) is 0 Å². The first kappa shape index (κ1) is 15.4. The van der Waals surface area contributed by atoms with E-state index in [0.717, 1.165) is 21.5 Å². The van der Waals surface area contributed by atoms with E-state index in [1.54, 1.807) is 6.20 Å². The van der Waals surface area contributed by atoms with Crippen molar-refractivity contribution in [2.75, 3.05) is 5.32 Å². The van der Waals surface area contributed by atoms with Gasteiger partial charge < -0.3 is 5.32 Å². The predicted octanol–water partition coefficient (Wildman–Crippen LogP) is 4.31. The van der Waals surface area contributed by atoms with Crippen LogP contribution in [0, 0.1) is 6.92 Å². The number of para-hydroxylation sites is 1. The van der Waals surface area contributed by atoms with E-state index >= 15 is 0 Å². The Morgan fingerprint density at radius 2 is 1.76 bits per heavy atom. The Balaban J connectivity index is 1.70. The van der Waals surface area contributed by atoms with Gasteiger partial charge in [0.25, 0.3) is 5.91 Å². The minimum absolute atomic E-state index is 0.266. The highest BCUT2D eigenvalue weighted by molar-refractivity contribution is 7.21. The summed E-state index contributed by atoms with van der Waals surface area (Å²) in [5.41, 5.74) is 3.50. The topological polar surface area (TPSA) is 67.8 Å². The molecule has 4 rings (SSSR count). The second-order valence-corrected chi connectivity index (χ2v) is 6.59. The number of aromatic nitrogens is 3. The molecule has 0 radical (unpaired) electrons. The number of thiazole rings is 1. The summed E-state index contributed by atoms with van der Waals surface area (Å²) in [6, 6.07) is 15.5. The summed E-state index contributed by atoms with van der Waals surface area (Å²) in [6.45, 7) is 2.00. The number of carbonyl (C=O) groups is 1. The number of fused-ring (bicyclic) bond motifs is 1. The molecule has 4 aromatic rings. The van der Waals surface area contributed by atoms with Gasteiger partial charge in [0.2, 0.25) is 0 Å². The zero-order valence-electron chi connectivity index (χ0n) is 13.4. The van der Waals surface area contributed by atoms with Crippen molar-refractivity contribution in [3.8, 4) is 10.7 Å². The molecule has 122 valence electrons. The number of hydrogen-bond acceptors (Lipinski definition) is 5. The number of nitrogens with zero attached hydrogens (tertiary/aromatic N) is 3. The fourth-order valence-electron chi connectivity index (χ4n) is 2.46. The molecular weight excluding hydrogens is 332 g/mol. The van der Waals surface area contributed by atoms with Gasteiger partial charge >= 0.3 is 0 Å². The summed E-state index contributed by atoms with van der Waals surface area (Å²) >= 11 is 1.50. The highest BCUT2D eigenvalue weighted by atomic mass is 32.1. The third-order valence-corrected chi connectivity index (χ3v) is 4.76. The number of carbonyl (C=O) groups excluding carboxylic acids is 1. The van der Waals surface area contributed by atoms with E-state index < -0.39 is 0 Å². The number of benzene rings is 2. The first-order chi connectivity index (χ1) is 12.2. The number of hydrogen-bond donors (Lipinski definition) is 1. The van der Waals surface area contributed by atoms with Crippen LogP contribution in [0.4, 0.5) is 5.69 Å². The molecule has 25 heavy (non-hydrogen) atoms. The van der Waals surface area contributed by atoms with Crippen LogP contribution in [0.15, 0.2) is 60.9 Å². The fraction of sp³-hybridized carbons (Fsp3) is 0.0526. The summed E-state index contributed by atoms with van der Waals surface area (Å²) in [5.74, 6) is -0.300. The fourth-order valence-corrected chi connectivity index (χ4v) is 3.42. The second kappa shape index (κ2) is 6.41. The highest BCUT2D eigenvalue weighted by Crippen LogP contribution is 2.30. The Labute approximate surface area is 148 Å². The number of nitrogens with one attached hydrogen (secondary N) is 1. The molecule has 1 N–H and O–H groups in total. The van der Waals surface area contributed by atoms with Crippen LogP contribution in [0.3, 0.4) is 0 Å². The van der Waals surface area contributed by atoms with Crippen LogP contribution in [0.1, 0.15) is 16.1 Å². The molecule has 0 saturated carbocycles. The molecule has 0 unspecified atom stereocenters. The summed E-state index contributed by atoms with van der Waals surface area (Å²) in [5, 5.41) is 3.55. The molecule has 6 heteroatoms. The largest absolute Gasteiger partial charge is 0.321 e. The second-order valence-electron chi connectivity index (χ2n) is 5.56. The van der Waals surface area contributed by atoms with Gasteiger partial charge in [-0.2, -0.15) is 0 Å². The maximum atomic E-state index is 12.7. The Hall–Kier alpha value is -3.12. The van der Waals surface area contributed by atoms with Crippen molar-refractivity contribution in [1.82, 2.24) is 15.0 Å². The lowest BCUT2D eigenvalue weighted by Gasteiger charge is -2.07. The molecule has 5 nitrogen and oxygen atoms in total. The minimum Gasteiger partial charge on any atom is -0.321 e. The highest BCUT2D eigenvalue weighted by Gasteiger charge is 2.18. The zero-order valence-corrected chi connectivity index (χ0v) is 14.2. The van der Waals surface area contributed by atoms with E-state index in [9.17, 15) is 4.79 Å². The van der Waals surface area contributed by atoms with Crippen molar-refractivity contribution in [3.05, 3.63) is 72.2 Å². The normalized spacial score (nSPS) is 10.8. The molecule has 0 fully saturated rings. The Kier molecular flexibility index (Phi) is 3.95. The van der Waals surface area contributed by atoms with Crippen LogP contribution in [0.5, 0.6) is 0 Å². The lowest BCUT2D eigenvalue weighted by molar-refractivity contribution is 0.102. The van der Waals surface area contributed by atoms with Gasteiger partial charge in [0, 0.05) is 18.1 Å². The average Bonchev–Trinajstić information content (AvgIpc) is 3.07. The number of anilines is 1. The first-order valence-corrected chi connectivity index (χ1v) is 8.57. The van der Waals surface area contributed by atoms with Gasteiger partial charge in [-0.15, -0.1) is 11.3 Å². The zero-order chi connectivity index (χ0) is 17.2. The molecule has 1 amide bonds. The summed E-state index contributed by atoms with van der Waals surface area (Å²) in [7, 11) is 0. The van der Waals surface area contributed by atoms with Gasteiger partial charge in [-0.1, -0.05) is 29.8 Å². The van der Waals surface area contributed by atoms with Crippen LogP contribution in [-0.2, 0) is 0 Å². The lowest BCUT2D eigenvalue weighted by atomic mass is 10.2. The standard InChI is InChI=1S/C19H14N4OS/c1-12-6-8-13(9-7-12)22-18(24)16-17(21-11-10-20-16)19-23-14-4-2-3-5-15(14)25-19/h2-11H,1H3,(H,22,24). The van der Waals surface area contributed by atoms with E-state index in [4.69, 9.17) is 0 Å². The molecule has 0 bridgehead atoms. The molecule has 2 aromatic carbocycles. The van der Waals surface area contributed by atoms with Crippen LogP contribution >= 0.6 is 11.3 Å². The molecule has 2 aromatic heterocycles. The molecule has 0 aliphatic heterocycles. The number of amides is 1. The Morgan fingerprint density at radius 1 is 1.00 bits per heavy atom. The third-order valence-electron chi connectivity index (χ3n) is 3.72. The lowest BCUT2D eigenvalue weighted by Crippen LogP contribution is -2.15. The Bertz CT molecular complexity index is 1020. The maximum Gasteiger partial charge on any atom is 0.276 e. The van der Waals surface area contributed by atoms with Gasteiger partial charge in [0.1, 0.15) is 10.7 Å². The number of rotatable bonds is 3. The van der Waals surface area contributed by atoms with Gasteiger partial charge in [-0.05, 0) is 31.2 Å². The van der Waals surface area contributed by atoms with E-state index in [-0.39, 0.29) is 11.6 Å². The molecule has 0 spiro atoms. The quantitative estimate of drug-likeness (QED) is 0.600. The molecule has 2 heterocycles. The summed E-state index contributed by atoms with van der Waals surface area (Å²) in [4.78, 5) is 25.8. The monoisotopic (exact) mass is 346 g/mol. The van der Waals surface area contributed by atoms with E-state index in [1.165, 1.54) is 17.5 Å². The van der Waals surface area contributed by atoms with Gasteiger partial charge in [-0.25, -0.2) is 15.0 Å². The SMILES string of the molecule is Cc1ccc(NC(=O)c2nccnc2-c2nc3ccccc3s2)cc1. The van der Waals surface area contributed by atoms with Crippen LogP contribution < -0.4 is 5.32 Å². The Morgan fingerprint density at radius 3 is 2.56 bits per heavy atom. The van der Waals surface area contributed by atoms with Crippen molar-refractivity contribution in [2.24, 2.45) is 0 Å². The van der Waals surface area contributed by atoms with Gasteiger partial charge in [0.15, 0.2) is 5.69 Å². The van der Waals surface area contributed by atoms with Crippen LogP contribution in [-0.4, -0.2) is 20.9 Å². The van der Waals surface area contributed by atoms with Crippen molar-refractivity contribution in [2.45, 2.75) is 6.92 Å². The van der Waals surface area contributed by atoms with Crippen molar-refractivity contribution >= 4 is 33.1 Å². The van der Waals surface area contributed by atoms with Crippen molar-refractivity contribution in [1.29, 1.82) is 0 Å². The molecule has 0 aliphatic rings. The van der Waals surface area contributed by atoms with Crippen LogP contribution in [0.25, 0.3) is 20.9 Å². The predicted molar refractivity (Wildman–Crippen MR) is 99.8 cm³/mol. The smallest absolute Gasteiger partial charge is 0.276 e.